The summed E-state index contributed by atoms with van der Waals surface area (Å²) < 4.78 is 44.8. The largest absolute Gasteiger partial charge is 0.490 e. The molecule has 1 heterocycles. The summed E-state index contributed by atoms with van der Waals surface area (Å²) in [6, 6.07) is 4.62. The van der Waals surface area contributed by atoms with Crippen LogP contribution < -0.4 is 5.32 Å². The molecule has 2 N–H and O–H groups in total. The van der Waals surface area contributed by atoms with E-state index in [2.05, 4.69) is 5.32 Å². The van der Waals surface area contributed by atoms with Gasteiger partial charge in [0, 0.05) is 5.02 Å². The summed E-state index contributed by atoms with van der Waals surface area (Å²) in [7, 11) is 0. The molecule has 0 atom stereocenters. The number of hydrogen-bond acceptors (Lipinski definition) is 2. The second-order valence-electron chi connectivity index (χ2n) is 4.49. The predicted molar refractivity (Wildman–Crippen MR) is 69.9 cm³/mol. The standard InChI is InChI=1S/C11H13ClFN.C2HF3O2/c12-11-2-1-9(13)7-10(11)8-3-5-14-6-4-8;3-2(4,5)1(6)7/h1-2,7-8,14H,3-6H2;(H,6,7). The van der Waals surface area contributed by atoms with E-state index in [0.29, 0.717) is 10.9 Å². The zero-order valence-electron chi connectivity index (χ0n) is 10.9. The van der Waals surface area contributed by atoms with Gasteiger partial charge in [-0.05, 0) is 55.6 Å². The van der Waals surface area contributed by atoms with Crippen LogP contribution in [0.1, 0.15) is 24.3 Å². The van der Waals surface area contributed by atoms with Crippen LogP contribution in [0.3, 0.4) is 0 Å². The van der Waals surface area contributed by atoms with E-state index < -0.39 is 12.1 Å². The van der Waals surface area contributed by atoms with Crippen molar-refractivity contribution in [2.24, 2.45) is 0 Å². The molecule has 1 saturated heterocycles. The molecule has 0 saturated carbocycles. The van der Waals surface area contributed by atoms with E-state index in [1.54, 1.807) is 12.1 Å². The number of nitrogens with one attached hydrogen (secondary N) is 1. The highest BCUT2D eigenvalue weighted by Gasteiger charge is 2.38. The zero-order chi connectivity index (χ0) is 16.0. The Kier molecular flexibility index (Phi) is 6.42. The van der Waals surface area contributed by atoms with Gasteiger partial charge in [-0.3, -0.25) is 0 Å². The lowest BCUT2D eigenvalue weighted by atomic mass is 9.90. The van der Waals surface area contributed by atoms with Crippen molar-refractivity contribution in [3.8, 4) is 0 Å². The van der Waals surface area contributed by atoms with Gasteiger partial charge in [0.1, 0.15) is 5.82 Å². The van der Waals surface area contributed by atoms with Crippen molar-refractivity contribution in [2.45, 2.75) is 24.9 Å². The highest BCUT2D eigenvalue weighted by molar-refractivity contribution is 6.31. The molecule has 1 aliphatic heterocycles. The Labute approximate surface area is 123 Å². The third kappa shape index (κ3) is 5.89. The highest BCUT2D eigenvalue weighted by Crippen LogP contribution is 2.31. The van der Waals surface area contributed by atoms with E-state index >= 15 is 0 Å². The summed E-state index contributed by atoms with van der Waals surface area (Å²) in [6.45, 7) is 2.00. The maximum atomic E-state index is 13.0. The summed E-state index contributed by atoms with van der Waals surface area (Å²) in [5.41, 5.74) is 0.966. The van der Waals surface area contributed by atoms with Gasteiger partial charge in [0.05, 0.1) is 0 Å². The van der Waals surface area contributed by atoms with Gasteiger partial charge in [0.15, 0.2) is 0 Å². The number of aliphatic carboxylic acids is 1. The Morgan fingerprint density at radius 3 is 2.29 bits per heavy atom. The van der Waals surface area contributed by atoms with Gasteiger partial charge >= 0.3 is 12.1 Å². The first kappa shape index (κ1) is 17.7. The highest BCUT2D eigenvalue weighted by atomic mass is 35.5. The van der Waals surface area contributed by atoms with Crippen LogP contribution in [-0.2, 0) is 4.79 Å². The third-order valence-electron chi connectivity index (χ3n) is 2.98. The summed E-state index contributed by atoms with van der Waals surface area (Å²) >= 11 is 6.04. The molecular formula is C13H14ClF4NO2. The van der Waals surface area contributed by atoms with Crippen LogP contribution in [0.4, 0.5) is 17.6 Å². The van der Waals surface area contributed by atoms with E-state index in [-0.39, 0.29) is 5.82 Å². The van der Waals surface area contributed by atoms with Crippen molar-refractivity contribution < 1.29 is 27.5 Å². The molecule has 0 aromatic heterocycles. The fourth-order valence-corrected chi connectivity index (χ4v) is 2.23. The molecule has 1 aliphatic rings. The van der Waals surface area contributed by atoms with Gasteiger partial charge in [0.2, 0.25) is 0 Å². The van der Waals surface area contributed by atoms with Crippen molar-refractivity contribution in [2.75, 3.05) is 13.1 Å². The lowest BCUT2D eigenvalue weighted by molar-refractivity contribution is -0.192. The van der Waals surface area contributed by atoms with Crippen LogP contribution in [0.2, 0.25) is 5.02 Å². The Morgan fingerprint density at radius 2 is 1.81 bits per heavy atom. The number of carboxylic acids is 1. The number of carboxylic acid groups (broad SMARTS) is 1. The van der Waals surface area contributed by atoms with Gasteiger partial charge in [-0.15, -0.1) is 0 Å². The first-order valence-electron chi connectivity index (χ1n) is 6.17. The minimum atomic E-state index is -5.08. The van der Waals surface area contributed by atoms with E-state index in [1.807, 2.05) is 0 Å². The maximum absolute atomic E-state index is 13.0. The fourth-order valence-electron chi connectivity index (χ4n) is 1.96. The van der Waals surface area contributed by atoms with Crippen LogP contribution in [0.5, 0.6) is 0 Å². The first-order valence-corrected chi connectivity index (χ1v) is 6.55. The molecule has 0 radical (unpaired) electrons. The number of rotatable bonds is 1. The number of hydrogen-bond donors (Lipinski definition) is 2. The Balaban J connectivity index is 0.000000270. The van der Waals surface area contributed by atoms with Gasteiger partial charge in [-0.25, -0.2) is 9.18 Å². The van der Waals surface area contributed by atoms with Gasteiger partial charge in [-0.1, -0.05) is 11.6 Å². The average Bonchev–Trinajstić information content (AvgIpc) is 2.42. The van der Waals surface area contributed by atoms with Crippen LogP contribution in [0, 0.1) is 5.82 Å². The molecule has 2 rings (SSSR count). The van der Waals surface area contributed by atoms with Gasteiger partial charge < -0.3 is 10.4 Å². The molecule has 1 fully saturated rings. The minimum Gasteiger partial charge on any atom is -0.475 e. The number of piperidine rings is 1. The van der Waals surface area contributed by atoms with Crippen molar-refractivity contribution in [3.63, 3.8) is 0 Å². The summed E-state index contributed by atoms with van der Waals surface area (Å²) in [5, 5.41) is 11.1. The topological polar surface area (TPSA) is 49.3 Å². The molecule has 8 heteroatoms. The second kappa shape index (κ2) is 7.61. The molecule has 0 bridgehead atoms. The Bertz CT molecular complexity index is 488. The van der Waals surface area contributed by atoms with E-state index in [0.717, 1.165) is 31.5 Å². The number of alkyl halides is 3. The second-order valence-corrected chi connectivity index (χ2v) is 4.90. The monoisotopic (exact) mass is 327 g/mol. The van der Waals surface area contributed by atoms with Crippen molar-refractivity contribution in [1.29, 1.82) is 0 Å². The third-order valence-corrected chi connectivity index (χ3v) is 3.32. The van der Waals surface area contributed by atoms with Crippen LogP contribution in [0.25, 0.3) is 0 Å². The van der Waals surface area contributed by atoms with Crippen molar-refractivity contribution in [3.05, 3.63) is 34.6 Å². The van der Waals surface area contributed by atoms with Gasteiger partial charge in [0.25, 0.3) is 0 Å². The summed E-state index contributed by atoms with van der Waals surface area (Å²) in [4.78, 5) is 8.90. The molecule has 0 unspecified atom stereocenters. The Hall–Kier alpha value is -1.34. The first-order chi connectivity index (χ1) is 9.71. The van der Waals surface area contributed by atoms with Crippen LogP contribution >= 0.6 is 11.6 Å². The number of halogens is 5. The minimum absolute atomic E-state index is 0.192. The lowest BCUT2D eigenvalue weighted by Crippen LogP contribution is -2.26. The predicted octanol–water partition coefficient (Wildman–Crippen LogP) is 3.58. The molecule has 3 nitrogen and oxygen atoms in total. The number of benzene rings is 1. The summed E-state index contributed by atoms with van der Waals surface area (Å²) in [6.07, 6.45) is -2.99. The lowest BCUT2D eigenvalue weighted by Gasteiger charge is -2.23. The maximum Gasteiger partial charge on any atom is 0.490 e. The van der Waals surface area contributed by atoms with Gasteiger partial charge in [-0.2, -0.15) is 13.2 Å². The van der Waals surface area contributed by atoms with E-state index in [4.69, 9.17) is 21.5 Å². The average molecular weight is 328 g/mol. The Morgan fingerprint density at radius 1 is 1.29 bits per heavy atom. The molecule has 21 heavy (non-hydrogen) atoms. The molecule has 1 aromatic rings. The van der Waals surface area contributed by atoms with E-state index in [9.17, 15) is 17.6 Å². The summed E-state index contributed by atoms with van der Waals surface area (Å²) in [5.74, 6) is -2.53. The quantitative estimate of drug-likeness (QED) is 0.775. The molecule has 1 aromatic carbocycles. The van der Waals surface area contributed by atoms with Crippen LogP contribution in [0.15, 0.2) is 18.2 Å². The fraction of sp³-hybridized carbons (Fsp3) is 0.462. The smallest absolute Gasteiger partial charge is 0.475 e. The van der Waals surface area contributed by atoms with Crippen molar-refractivity contribution >= 4 is 17.6 Å². The molecule has 0 spiro atoms. The molecule has 118 valence electrons. The number of carbonyl (C=O) groups is 1. The SMILES string of the molecule is Fc1ccc(Cl)c(C2CCNCC2)c1.O=C(O)C(F)(F)F. The molecular weight excluding hydrogens is 314 g/mol. The molecule has 0 amide bonds. The normalized spacial score (nSPS) is 16.0. The van der Waals surface area contributed by atoms with Crippen molar-refractivity contribution in [1.82, 2.24) is 5.32 Å². The van der Waals surface area contributed by atoms with Crippen LogP contribution in [-0.4, -0.2) is 30.3 Å². The molecule has 0 aliphatic carbocycles. The van der Waals surface area contributed by atoms with E-state index in [1.165, 1.54) is 6.07 Å². The zero-order valence-corrected chi connectivity index (χ0v) is 11.6.